The van der Waals surface area contributed by atoms with Gasteiger partial charge in [0.2, 0.25) is 0 Å². The molecule has 11 rings (SSSR count). The van der Waals surface area contributed by atoms with E-state index in [9.17, 15) is 0 Å². The quantitative estimate of drug-likeness (QED) is 0.159. The van der Waals surface area contributed by atoms with Gasteiger partial charge in [-0.25, -0.2) is 0 Å². The van der Waals surface area contributed by atoms with Gasteiger partial charge in [-0.15, -0.1) is 0 Å². The van der Waals surface area contributed by atoms with Crippen molar-refractivity contribution in [3.8, 4) is 27.9 Å². The summed E-state index contributed by atoms with van der Waals surface area (Å²) in [4.78, 5) is 2.36. The van der Waals surface area contributed by atoms with Crippen molar-refractivity contribution in [2.24, 2.45) is 0 Å². The van der Waals surface area contributed by atoms with Gasteiger partial charge in [0.15, 0.2) is 0 Å². The summed E-state index contributed by atoms with van der Waals surface area (Å²) in [6.45, 7) is 0. The maximum atomic E-state index is 2.37. The molecule has 0 bridgehead atoms. The van der Waals surface area contributed by atoms with E-state index in [2.05, 4.69) is 240 Å². The Labute approximate surface area is 333 Å². The van der Waals surface area contributed by atoms with Crippen molar-refractivity contribution in [2.75, 3.05) is 4.90 Å². The zero-order valence-corrected chi connectivity index (χ0v) is 31.3. The standard InChI is InChI=1S/C55H38N2/c1-4-16-41(17-5-1)55(51-25-13-10-22-47(51)48-23-11-14-26-52(48)55)42-31-35-46(36-32-42)56(43-18-6-2-7-19-43)45-33-28-39(29-34-45)40-30-37-54-50(38-40)49-24-12-15-27-53(49)57(54)44-20-8-3-9-21-44/h1-38H. The van der Waals surface area contributed by atoms with E-state index in [4.69, 9.17) is 0 Å². The van der Waals surface area contributed by atoms with Gasteiger partial charge in [0.05, 0.1) is 16.4 Å². The van der Waals surface area contributed by atoms with Gasteiger partial charge in [-0.3, -0.25) is 0 Å². The molecule has 9 aromatic carbocycles. The Bertz CT molecular complexity index is 2990. The molecule has 0 fully saturated rings. The van der Waals surface area contributed by atoms with Crippen LogP contribution in [0.15, 0.2) is 231 Å². The zero-order valence-electron chi connectivity index (χ0n) is 31.3. The van der Waals surface area contributed by atoms with Crippen LogP contribution in [0.3, 0.4) is 0 Å². The molecule has 0 radical (unpaired) electrons. The second kappa shape index (κ2) is 13.4. The summed E-state index contributed by atoms with van der Waals surface area (Å²) in [5.41, 5.74) is 16.6. The van der Waals surface area contributed by atoms with Crippen LogP contribution < -0.4 is 4.90 Å². The summed E-state index contributed by atoms with van der Waals surface area (Å²) in [6.07, 6.45) is 0. The van der Waals surface area contributed by atoms with Crippen molar-refractivity contribution >= 4 is 38.9 Å². The van der Waals surface area contributed by atoms with E-state index in [1.54, 1.807) is 0 Å². The Balaban J connectivity index is 1.00. The van der Waals surface area contributed by atoms with Gasteiger partial charge in [-0.05, 0) is 111 Å². The minimum atomic E-state index is -0.430. The minimum absolute atomic E-state index is 0.430. The zero-order chi connectivity index (χ0) is 37.8. The molecule has 268 valence electrons. The van der Waals surface area contributed by atoms with Crippen LogP contribution in [0.1, 0.15) is 22.3 Å². The third kappa shape index (κ3) is 5.18. The van der Waals surface area contributed by atoms with Gasteiger partial charge >= 0.3 is 0 Å². The molecule has 0 saturated carbocycles. The highest BCUT2D eigenvalue weighted by molar-refractivity contribution is 6.10. The third-order valence-electron chi connectivity index (χ3n) is 11.9. The molecule has 0 amide bonds. The smallest absolute Gasteiger partial charge is 0.0713 e. The van der Waals surface area contributed by atoms with Gasteiger partial charge < -0.3 is 9.47 Å². The topological polar surface area (TPSA) is 8.17 Å². The summed E-state index contributed by atoms with van der Waals surface area (Å²) in [5.74, 6) is 0. The molecule has 0 spiro atoms. The Hall–Kier alpha value is -7.42. The Morgan fingerprint density at radius 2 is 0.807 bits per heavy atom. The third-order valence-corrected chi connectivity index (χ3v) is 11.9. The van der Waals surface area contributed by atoms with Crippen LogP contribution in [0.2, 0.25) is 0 Å². The number of benzene rings is 9. The molecule has 1 aliphatic rings. The first-order chi connectivity index (χ1) is 28.3. The van der Waals surface area contributed by atoms with Crippen LogP contribution in [0.5, 0.6) is 0 Å². The molecule has 2 nitrogen and oxygen atoms in total. The summed E-state index contributed by atoms with van der Waals surface area (Å²) < 4.78 is 2.37. The first-order valence-corrected chi connectivity index (χ1v) is 19.7. The lowest BCUT2D eigenvalue weighted by Gasteiger charge is -2.34. The summed E-state index contributed by atoms with van der Waals surface area (Å²) in [7, 11) is 0. The maximum Gasteiger partial charge on any atom is 0.0713 e. The van der Waals surface area contributed by atoms with Gasteiger partial charge in [-0.1, -0.05) is 164 Å². The Morgan fingerprint density at radius 3 is 1.47 bits per heavy atom. The highest BCUT2D eigenvalue weighted by atomic mass is 15.1. The second-order valence-corrected chi connectivity index (χ2v) is 14.9. The number of rotatable bonds is 7. The minimum Gasteiger partial charge on any atom is -0.311 e. The second-order valence-electron chi connectivity index (χ2n) is 14.9. The van der Waals surface area contributed by atoms with E-state index in [1.165, 1.54) is 72.0 Å². The number of aromatic nitrogens is 1. The van der Waals surface area contributed by atoms with Crippen LogP contribution in [-0.2, 0) is 5.41 Å². The SMILES string of the molecule is c1ccc(N(c2ccc(-c3ccc4c(c3)c3ccccc3n4-c3ccccc3)cc2)c2ccc(C3(c4ccccc4)c4ccccc4-c4ccccc43)cc2)cc1. The van der Waals surface area contributed by atoms with Gasteiger partial charge in [0, 0.05) is 33.5 Å². The van der Waals surface area contributed by atoms with Crippen molar-refractivity contribution < 1.29 is 0 Å². The number of anilines is 3. The fraction of sp³-hybridized carbons (Fsp3) is 0.0182. The first kappa shape index (κ1) is 33.0. The van der Waals surface area contributed by atoms with Gasteiger partial charge in [0.25, 0.3) is 0 Å². The lowest BCUT2D eigenvalue weighted by atomic mass is 9.68. The van der Waals surface area contributed by atoms with Crippen LogP contribution in [0, 0.1) is 0 Å². The summed E-state index contributed by atoms with van der Waals surface area (Å²) in [6, 6.07) is 84.0. The molecule has 1 heterocycles. The fourth-order valence-corrected chi connectivity index (χ4v) is 9.41. The van der Waals surface area contributed by atoms with Crippen molar-refractivity contribution in [3.63, 3.8) is 0 Å². The summed E-state index contributed by atoms with van der Waals surface area (Å²) in [5, 5.41) is 2.51. The molecule has 0 saturated heterocycles. The molecule has 1 aromatic heterocycles. The van der Waals surface area contributed by atoms with Crippen LogP contribution in [0.4, 0.5) is 17.1 Å². The van der Waals surface area contributed by atoms with Crippen LogP contribution >= 0.6 is 0 Å². The molecule has 0 atom stereocenters. The first-order valence-electron chi connectivity index (χ1n) is 19.7. The van der Waals surface area contributed by atoms with Gasteiger partial charge in [0.1, 0.15) is 0 Å². The van der Waals surface area contributed by atoms with E-state index in [1.807, 2.05) is 0 Å². The Kier molecular flexibility index (Phi) is 7.75. The highest BCUT2D eigenvalue weighted by Gasteiger charge is 2.45. The normalized spacial score (nSPS) is 12.7. The number of hydrogen-bond acceptors (Lipinski definition) is 1. The molecule has 0 aliphatic heterocycles. The summed E-state index contributed by atoms with van der Waals surface area (Å²) >= 11 is 0. The molecule has 10 aromatic rings. The number of fused-ring (bicyclic) bond motifs is 6. The molecule has 1 aliphatic carbocycles. The lowest BCUT2D eigenvalue weighted by Crippen LogP contribution is -2.28. The molecule has 57 heavy (non-hydrogen) atoms. The Morgan fingerprint density at radius 1 is 0.333 bits per heavy atom. The number of nitrogens with zero attached hydrogens (tertiary/aromatic N) is 2. The van der Waals surface area contributed by atoms with Crippen molar-refractivity contribution in [1.82, 2.24) is 4.57 Å². The average Bonchev–Trinajstić information content (AvgIpc) is 3.79. The van der Waals surface area contributed by atoms with E-state index in [0.29, 0.717) is 0 Å². The fourth-order valence-electron chi connectivity index (χ4n) is 9.41. The van der Waals surface area contributed by atoms with E-state index in [-0.39, 0.29) is 0 Å². The largest absolute Gasteiger partial charge is 0.311 e. The monoisotopic (exact) mass is 726 g/mol. The van der Waals surface area contributed by atoms with Gasteiger partial charge in [-0.2, -0.15) is 0 Å². The highest BCUT2D eigenvalue weighted by Crippen LogP contribution is 2.56. The van der Waals surface area contributed by atoms with E-state index in [0.717, 1.165) is 17.1 Å². The predicted octanol–water partition coefficient (Wildman–Crippen LogP) is 14.3. The van der Waals surface area contributed by atoms with Crippen molar-refractivity contribution in [2.45, 2.75) is 5.41 Å². The van der Waals surface area contributed by atoms with Crippen molar-refractivity contribution in [3.05, 3.63) is 253 Å². The molecular formula is C55H38N2. The van der Waals surface area contributed by atoms with E-state index < -0.39 is 5.41 Å². The molecule has 0 unspecified atom stereocenters. The van der Waals surface area contributed by atoms with Crippen LogP contribution in [0.25, 0.3) is 49.7 Å². The van der Waals surface area contributed by atoms with Crippen LogP contribution in [-0.4, -0.2) is 4.57 Å². The van der Waals surface area contributed by atoms with E-state index >= 15 is 0 Å². The maximum absolute atomic E-state index is 2.37. The van der Waals surface area contributed by atoms with Crippen molar-refractivity contribution in [1.29, 1.82) is 0 Å². The molecule has 0 N–H and O–H groups in total. The lowest BCUT2D eigenvalue weighted by molar-refractivity contribution is 0.768. The number of para-hydroxylation sites is 3. The predicted molar refractivity (Wildman–Crippen MR) is 238 cm³/mol. The molecule has 2 heteroatoms. The number of hydrogen-bond donors (Lipinski definition) is 0. The molecular weight excluding hydrogens is 689 g/mol. The average molecular weight is 727 g/mol.